The molecule has 1 aromatic carbocycles. The molecular weight excluding hydrogens is 376 g/mol. The zero-order valence-corrected chi connectivity index (χ0v) is 17.9. The average molecular weight is 411 g/mol. The summed E-state index contributed by atoms with van der Waals surface area (Å²) >= 11 is 0. The van der Waals surface area contributed by atoms with Gasteiger partial charge in [-0.1, -0.05) is 19.1 Å². The molecule has 0 aliphatic carbocycles. The van der Waals surface area contributed by atoms with E-state index < -0.39 is 5.54 Å². The van der Waals surface area contributed by atoms with E-state index in [1.54, 1.807) is 12.4 Å². The predicted octanol–water partition coefficient (Wildman–Crippen LogP) is 2.77. The number of nitrogens with one attached hydrogen (secondary N) is 2. The summed E-state index contributed by atoms with van der Waals surface area (Å²) in [6, 6.07) is 11.6. The van der Waals surface area contributed by atoms with Gasteiger partial charge in [-0.15, -0.1) is 0 Å². The first-order valence-electron chi connectivity index (χ1n) is 11.0. The monoisotopic (exact) mass is 410 g/mol. The van der Waals surface area contributed by atoms with Gasteiger partial charge in [-0.05, 0) is 86.6 Å². The van der Waals surface area contributed by atoms with Gasteiger partial charge in [-0.2, -0.15) is 0 Å². The highest BCUT2D eigenvalue weighted by molar-refractivity contribution is 5.86. The van der Waals surface area contributed by atoms with Crippen LogP contribution in [0.3, 0.4) is 0 Å². The third-order valence-electron chi connectivity index (χ3n) is 5.90. The van der Waals surface area contributed by atoms with Crippen molar-refractivity contribution in [2.45, 2.75) is 44.6 Å². The summed E-state index contributed by atoms with van der Waals surface area (Å²) in [4.78, 5) is 17.0. The number of primary amides is 1. The molecule has 6 heteroatoms. The van der Waals surface area contributed by atoms with E-state index in [4.69, 9.17) is 10.5 Å². The van der Waals surface area contributed by atoms with Crippen LogP contribution in [-0.2, 0) is 16.8 Å². The minimum absolute atomic E-state index is 0.369. The van der Waals surface area contributed by atoms with Crippen LogP contribution in [0.2, 0.25) is 0 Å². The normalized spacial score (nSPS) is 16.7. The smallest absolute Gasteiger partial charge is 0.242 e. The average Bonchev–Trinajstić information content (AvgIpc) is 2.78. The van der Waals surface area contributed by atoms with Crippen LogP contribution in [0.15, 0.2) is 48.8 Å². The highest BCUT2D eigenvalue weighted by Gasteiger charge is 2.38. The van der Waals surface area contributed by atoms with Gasteiger partial charge in [-0.25, -0.2) is 0 Å². The van der Waals surface area contributed by atoms with Crippen molar-refractivity contribution in [3.63, 3.8) is 0 Å². The molecule has 1 aromatic heterocycles. The standard InChI is InChI=1S/C24H34N4O2/c1-2-17-30-22-5-3-21(4-6-22)24(23(25)29,18-20-9-14-27-15-10-20)28-16-11-19-7-12-26-13-8-19/h3-6,9-10,14-15,19,26,28H,2,7-8,11-13,16-18H2,1H3,(H2,25,29). The van der Waals surface area contributed by atoms with E-state index in [1.165, 1.54) is 12.8 Å². The number of carbonyl (C=O) groups is 1. The van der Waals surface area contributed by atoms with E-state index in [0.717, 1.165) is 49.4 Å². The summed E-state index contributed by atoms with van der Waals surface area (Å²) in [5, 5.41) is 6.96. The third-order valence-corrected chi connectivity index (χ3v) is 5.90. The van der Waals surface area contributed by atoms with Crippen molar-refractivity contribution in [3.05, 3.63) is 59.9 Å². The molecule has 2 aromatic rings. The molecule has 1 saturated heterocycles. The first-order chi connectivity index (χ1) is 14.6. The number of benzene rings is 1. The molecule has 30 heavy (non-hydrogen) atoms. The fourth-order valence-electron chi connectivity index (χ4n) is 4.11. The number of aromatic nitrogens is 1. The second-order valence-corrected chi connectivity index (χ2v) is 8.08. The van der Waals surface area contributed by atoms with Crippen LogP contribution in [0.5, 0.6) is 5.75 Å². The van der Waals surface area contributed by atoms with E-state index >= 15 is 0 Å². The van der Waals surface area contributed by atoms with E-state index in [-0.39, 0.29) is 5.91 Å². The molecule has 0 bridgehead atoms. The largest absolute Gasteiger partial charge is 0.494 e. The lowest BCUT2D eigenvalue weighted by atomic mass is 9.82. The first-order valence-corrected chi connectivity index (χ1v) is 11.0. The number of nitrogens with zero attached hydrogens (tertiary/aromatic N) is 1. The Morgan fingerprint density at radius 3 is 2.53 bits per heavy atom. The molecule has 0 spiro atoms. The summed E-state index contributed by atoms with van der Waals surface area (Å²) in [6.07, 6.45) is 8.32. The van der Waals surface area contributed by atoms with Crippen molar-refractivity contribution in [1.29, 1.82) is 0 Å². The Balaban J connectivity index is 1.82. The Hall–Kier alpha value is -2.44. The molecular formula is C24H34N4O2. The van der Waals surface area contributed by atoms with Gasteiger partial charge in [0, 0.05) is 18.8 Å². The van der Waals surface area contributed by atoms with Crippen LogP contribution >= 0.6 is 0 Å². The van der Waals surface area contributed by atoms with Crippen LogP contribution in [0.25, 0.3) is 0 Å². The van der Waals surface area contributed by atoms with Crippen LogP contribution < -0.4 is 21.1 Å². The summed E-state index contributed by atoms with van der Waals surface area (Å²) in [7, 11) is 0. The zero-order valence-electron chi connectivity index (χ0n) is 17.9. The molecule has 3 rings (SSSR count). The fourth-order valence-corrected chi connectivity index (χ4v) is 4.11. The van der Waals surface area contributed by atoms with E-state index in [9.17, 15) is 4.79 Å². The third kappa shape index (κ3) is 5.80. The second kappa shape index (κ2) is 11.1. The highest BCUT2D eigenvalue weighted by Crippen LogP contribution is 2.28. The molecule has 1 aliphatic heterocycles. The summed E-state index contributed by atoms with van der Waals surface area (Å²) in [5.74, 6) is 1.11. The van der Waals surface area contributed by atoms with Crippen LogP contribution in [0, 0.1) is 5.92 Å². The summed E-state index contributed by atoms with van der Waals surface area (Å²) < 4.78 is 5.71. The van der Waals surface area contributed by atoms with Gasteiger partial charge in [0.25, 0.3) is 0 Å². The topological polar surface area (TPSA) is 89.3 Å². The maximum absolute atomic E-state index is 12.9. The number of hydrogen-bond donors (Lipinski definition) is 3. The van der Waals surface area contributed by atoms with Crippen LogP contribution in [-0.4, -0.2) is 37.1 Å². The number of rotatable bonds is 11. The fraction of sp³-hybridized carbons (Fsp3) is 0.500. The Bertz CT molecular complexity index is 776. The number of ether oxygens (including phenoxy) is 1. The number of piperidine rings is 1. The molecule has 1 fully saturated rings. The molecule has 1 atom stereocenters. The van der Waals surface area contributed by atoms with Gasteiger partial charge < -0.3 is 15.8 Å². The summed E-state index contributed by atoms with van der Waals surface area (Å²) in [6.45, 7) is 5.63. The molecule has 1 aliphatic rings. The minimum atomic E-state index is -0.975. The van der Waals surface area contributed by atoms with Crippen LogP contribution in [0.4, 0.5) is 0 Å². The van der Waals surface area contributed by atoms with Gasteiger partial charge in [0.2, 0.25) is 5.91 Å². The molecule has 0 saturated carbocycles. The van der Waals surface area contributed by atoms with E-state index in [2.05, 4.69) is 22.5 Å². The predicted molar refractivity (Wildman–Crippen MR) is 119 cm³/mol. The lowest BCUT2D eigenvalue weighted by Gasteiger charge is -2.34. The SMILES string of the molecule is CCCOc1ccc(C(Cc2ccncc2)(NCCC2CCNCC2)C(N)=O)cc1. The first kappa shape index (κ1) is 22.2. The van der Waals surface area contributed by atoms with Crippen molar-refractivity contribution in [1.82, 2.24) is 15.6 Å². The van der Waals surface area contributed by atoms with Gasteiger partial charge in [-0.3, -0.25) is 15.1 Å². The van der Waals surface area contributed by atoms with E-state index in [0.29, 0.717) is 18.9 Å². The van der Waals surface area contributed by atoms with Crippen molar-refractivity contribution in [2.75, 3.05) is 26.2 Å². The minimum Gasteiger partial charge on any atom is -0.494 e. The number of nitrogens with two attached hydrogens (primary N) is 1. The molecule has 0 radical (unpaired) electrons. The second-order valence-electron chi connectivity index (χ2n) is 8.08. The summed E-state index contributed by atoms with van der Waals surface area (Å²) in [5.41, 5.74) is 6.94. The zero-order chi connectivity index (χ0) is 21.2. The molecule has 162 valence electrons. The number of carbonyl (C=O) groups excluding carboxylic acids is 1. The van der Waals surface area contributed by atoms with Gasteiger partial charge in [0.15, 0.2) is 0 Å². The Morgan fingerprint density at radius 1 is 1.20 bits per heavy atom. The van der Waals surface area contributed by atoms with Crippen molar-refractivity contribution < 1.29 is 9.53 Å². The van der Waals surface area contributed by atoms with Gasteiger partial charge in [0.1, 0.15) is 11.3 Å². The highest BCUT2D eigenvalue weighted by atomic mass is 16.5. The van der Waals surface area contributed by atoms with Crippen LogP contribution in [0.1, 0.15) is 43.7 Å². The molecule has 1 unspecified atom stereocenters. The Morgan fingerprint density at radius 2 is 1.90 bits per heavy atom. The van der Waals surface area contributed by atoms with E-state index in [1.807, 2.05) is 36.4 Å². The maximum atomic E-state index is 12.9. The molecule has 2 heterocycles. The van der Waals surface area contributed by atoms with Gasteiger partial charge >= 0.3 is 0 Å². The number of hydrogen-bond acceptors (Lipinski definition) is 5. The number of pyridine rings is 1. The molecule has 6 nitrogen and oxygen atoms in total. The lowest BCUT2D eigenvalue weighted by Crippen LogP contribution is -2.54. The molecule has 1 amide bonds. The Labute approximate surface area is 179 Å². The number of amides is 1. The Kier molecular flexibility index (Phi) is 8.22. The van der Waals surface area contributed by atoms with Gasteiger partial charge in [0.05, 0.1) is 6.61 Å². The van der Waals surface area contributed by atoms with Crippen molar-refractivity contribution in [3.8, 4) is 5.75 Å². The maximum Gasteiger partial charge on any atom is 0.242 e. The molecule has 4 N–H and O–H groups in total. The quantitative estimate of drug-likeness (QED) is 0.530. The van der Waals surface area contributed by atoms with Crippen molar-refractivity contribution in [2.24, 2.45) is 11.7 Å². The van der Waals surface area contributed by atoms with Crippen molar-refractivity contribution >= 4 is 5.91 Å². The lowest BCUT2D eigenvalue weighted by molar-refractivity contribution is -0.124.